The molecule has 6 aromatic carbocycles. The third-order valence-electron chi connectivity index (χ3n) is 7.59. The van der Waals surface area contributed by atoms with E-state index in [2.05, 4.69) is 111 Å². The van der Waals surface area contributed by atoms with Gasteiger partial charge in [-0.15, -0.1) is 0 Å². The van der Waals surface area contributed by atoms with Crippen LogP contribution in [-0.2, 0) is 31.6 Å². The first-order valence-corrected chi connectivity index (χ1v) is 19.1. The predicted molar refractivity (Wildman–Crippen MR) is 182 cm³/mol. The molecule has 0 aliphatic carbocycles. The van der Waals surface area contributed by atoms with Crippen LogP contribution >= 0.6 is 11.8 Å². The number of hydrogen-bond donors (Lipinski definition) is 0. The number of benzene rings is 6. The third kappa shape index (κ3) is 5.30. The summed E-state index contributed by atoms with van der Waals surface area (Å²) in [7, 11) is -3.82. The smallest absolute Gasteiger partial charge is 0.216 e. The molecule has 0 aromatic heterocycles. The highest BCUT2D eigenvalue weighted by Gasteiger charge is 2.44. The van der Waals surface area contributed by atoms with Crippen molar-refractivity contribution in [2.75, 3.05) is 0 Å². The number of fused-ring (bicyclic) bond motifs is 4. The Labute approximate surface area is 269 Å². The van der Waals surface area contributed by atoms with Gasteiger partial charge in [-0.1, -0.05) is 95.7 Å². The second kappa shape index (κ2) is 12.0. The van der Waals surface area contributed by atoms with Crippen LogP contribution in [0.1, 0.15) is 11.1 Å². The summed E-state index contributed by atoms with van der Waals surface area (Å²) in [6.45, 7) is 4.20. The second-order valence-electron chi connectivity index (χ2n) is 10.6. The van der Waals surface area contributed by atoms with Gasteiger partial charge < -0.3 is 0 Å². The van der Waals surface area contributed by atoms with E-state index in [1.54, 1.807) is 24.3 Å². The monoisotopic (exact) mass is 646 g/mol. The molecular weight excluding hydrogens is 617 g/mol. The summed E-state index contributed by atoms with van der Waals surface area (Å²) in [5.41, 5.74) is 2.51. The maximum atomic E-state index is 12.9. The lowest BCUT2D eigenvalue weighted by atomic mass is 10.2. The fourth-order valence-corrected chi connectivity index (χ4v) is 13.9. The van der Waals surface area contributed by atoms with Crippen LogP contribution in [0.4, 0.5) is 0 Å². The van der Waals surface area contributed by atoms with Gasteiger partial charge in [0.25, 0.3) is 0 Å². The molecule has 0 bridgehead atoms. The fourth-order valence-electron chi connectivity index (χ4n) is 5.42. The molecule has 44 heavy (non-hydrogen) atoms. The molecule has 0 unspecified atom stereocenters. The van der Waals surface area contributed by atoms with E-state index in [-0.39, 0.29) is 10.9 Å². The molecule has 0 atom stereocenters. The maximum Gasteiger partial charge on any atom is 0.216 e. The van der Waals surface area contributed by atoms with Crippen molar-refractivity contribution < 1.29 is 8.42 Å². The average molecular weight is 647 g/mol. The molecule has 0 radical (unpaired) electrons. The molecule has 216 valence electrons. The van der Waals surface area contributed by atoms with Gasteiger partial charge in [-0.2, -0.15) is 0 Å². The molecule has 2 nitrogen and oxygen atoms in total. The predicted octanol–water partition coefficient (Wildman–Crippen LogP) is 9.79. The normalized spacial score (nSPS) is 14.7. The molecule has 0 spiro atoms. The average Bonchev–Trinajstić information content (AvgIpc) is 3.05. The van der Waals surface area contributed by atoms with Crippen molar-refractivity contribution in [1.82, 2.24) is 0 Å². The minimum atomic E-state index is -3.44. The van der Waals surface area contributed by atoms with Crippen molar-refractivity contribution in [3.05, 3.63) is 157 Å². The Hall–Kier alpha value is -3.68. The van der Waals surface area contributed by atoms with Gasteiger partial charge >= 0.3 is 0 Å². The van der Waals surface area contributed by atoms with E-state index in [1.807, 2.05) is 36.0 Å². The third-order valence-corrected chi connectivity index (χ3v) is 15.8. The van der Waals surface area contributed by atoms with Crippen LogP contribution in [0.15, 0.2) is 195 Å². The highest BCUT2D eigenvalue weighted by Crippen LogP contribution is 2.48. The highest BCUT2D eigenvalue weighted by atomic mass is 32.2. The molecule has 0 saturated heterocycles. The molecule has 0 saturated carbocycles. The zero-order chi connectivity index (χ0) is 30.3. The summed E-state index contributed by atoms with van der Waals surface area (Å²) in [6.07, 6.45) is 0. The van der Waals surface area contributed by atoms with Crippen LogP contribution in [0.5, 0.6) is 0 Å². The lowest BCUT2D eigenvalue weighted by molar-refractivity contribution is 0.590. The topological polar surface area (TPSA) is 34.1 Å². The van der Waals surface area contributed by atoms with Gasteiger partial charge in [0.05, 0.1) is 9.79 Å². The summed E-state index contributed by atoms with van der Waals surface area (Å²) in [4.78, 5) is 10.9. The van der Waals surface area contributed by atoms with E-state index in [9.17, 15) is 8.42 Å². The summed E-state index contributed by atoms with van der Waals surface area (Å²) in [5, 5.41) is 0. The van der Waals surface area contributed by atoms with Crippen molar-refractivity contribution in [1.29, 1.82) is 0 Å². The number of sulfone groups is 1. The molecule has 0 N–H and O–H groups in total. The largest absolute Gasteiger partial charge is 0.218 e. The van der Waals surface area contributed by atoms with E-state index in [0.29, 0.717) is 9.79 Å². The molecule has 6 heteroatoms. The van der Waals surface area contributed by atoms with Crippen molar-refractivity contribution in [2.45, 2.75) is 62.8 Å². The highest BCUT2D eigenvalue weighted by molar-refractivity contribution is 8.04. The van der Waals surface area contributed by atoms with Gasteiger partial charge in [0.2, 0.25) is 9.84 Å². The fraction of sp³-hybridized carbons (Fsp3) is 0.0526. The molecule has 0 amide bonds. The van der Waals surface area contributed by atoms with Gasteiger partial charge in [0, 0.05) is 0 Å². The summed E-state index contributed by atoms with van der Waals surface area (Å²) >= 11 is 1.89. The lowest BCUT2D eigenvalue weighted by Gasteiger charge is -2.19. The minimum absolute atomic E-state index is 0.0130. The lowest BCUT2D eigenvalue weighted by Crippen LogP contribution is -2.20. The standard InChI is InChI=1S/C19H15O2S2.C19H15S2/c1-14-10-12-15(13-11-14)22-16-6-2-4-8-18(16)23(20,21)19-9-5-3-7-17(19)22;1-14-10-12-15(13-11-14)21-18-8-4-2-6-16(18)20-17-7-3-5-9-19(17)21/h2-13H,1H3;2-13H,1H3/q2*+1. The summed E-state index contributed by atoms with van der Waals surface area (Å²) in [6, 6.07) is 49.7. The molecule has 0 fully saturated rings. The van der Waals surface area contributed by atoms with E-state index >= 15 is 0 Å². The quantitative estimate of drug-likeness (QED) is 0.175. The van der Waals surface area contributed by atoms with E-state index in [4.69, 9.17) is 0 Å². The van der Waals surface area contributed by atoms with Crippen molar-refractivity contribution in [3.63, 3.8) is 0 Å². The van der Waals surface area contributed by atoms with Crippen LogP contribution in [0.25, 0.3) is 0 Å². The molecule has 6 aromatic rings. The van der Waals surface area contributed by atoms with E-state index in [0.717, 1.165) is 14.7 Å². The molecular formula is C38H30O2S4+2. The first-order valence-electron chi connectivity index (χ1n) is 14.3. The summed E-state index contributed by atoms with van der Waals surface area (Å²) in [5.74, 6) is 0. The Morgan fingerprint density at radius 1 is 0.432 bits per heavy atom. The number of rotatable bonds is 2. The summed E-state index contributed by atoms with van der Waals surface area (Å²) < 4.78 is 25.9. The van der Waals surface area contributed by atoms with Crippen molar-refractivity contribution in [3.8, 4) is 0 Å². The minimum Gasteiger partial charge on any atom is -0.218 e. The Bertz CT molecular complexity index is 1990. The number of aryl methyl sites for hydroxylation is 2. The Kier molecular flexibility index (Phi) is 7.93. The van der Waals surface area contributed by atoms with Crippen LogP contribution in [-0.4, -0.2) is 8.42 Å². The van der Waals surface area contributed by atoms with Crippen LogP contribution in [0.2, 0.25) is 0 Å². The Balaban J connectivity index is 0.000000143. The van der Waals surface area contributed by atoms with Gasteiger partial charge in [-0.3, -0.25) is 0 Å². The number of hydrogen-bond acceptors (Lipinski definition) is 3. The van der Waals surface area contributed by atoms with Gasteiger partial charge in [-0.25, -0.2) is 8.42 Å². The Morgan fingerprint density at radius 2 is 0.773 bits per heavy atom. The van der Waals surface area contributed by atoms with Crippen molar-refractivity contribution >= 4 is 43.4 Å². The van der Waals surface area contributed by atoms with E-state index < -0.39 is 20.7 Å². The Morgan fingerprint density at radius 3 is 1.20 bits per heavy atom. The van der Waals surface area contributed by atoms with Crippen LogP contribution in [0, 0.1) is 13.8 Å². The maximum absolute atomic E-state index is 12.9. The van der Waals surface area contributed by atoms with Gasteiger partial charge in [0.15, 0.2) is 29.4 Å². The zero-order valence-electron chi connectivity index (χ0n) is 24.3. The first-order chi connectivity index (χ1) is 21.4. The molecule has 2 aliphatic heterocycles. The first kappa shape index (κ1) is 29.1. The van der Waals surface area contributed by atoms with E-state index in [1.165, 1.54) is 35.6 Å². The van der Waals surface area contributed by atoms with Crippen molar-refractivity contribution in [2.24, 2.45) is 0 Å². The van der Waals surface area contributed by atoms with Gasteiger partial charge in [-0.05, 0) is 86.6 Å². The molecule has 8 rings (SSSR count). The molecule has 2 heterocycles. The van der Waals surface area contributed by atoms with Gasteiger partial charge in [0.1, 0.15) is 31.6 Å². The molecule has 2 aliphatic rings. The zero-order valence-corrected chi connectivity index (χ0v) is 27.6. The second-order valence-corrected chi connectivity index (χ2v) is 17.5. The SMILES string of the molecule is Cc1ccc([S+]2c3ccccc3S(=O)(=O)c3ccccc32)cc1.Cc1ccc([S+]2c3ccccc3Sc3ccccc32)cc1. The van der Waals surface area contributed by atoms with Crippen LogP contribution in [0.3, 0.4) is 0 Å². The van der Waals surface area contributed by atoms with Crippen LogP contribution < -0.4 is 0 Å².